The second-order valence-corrected chi connectivity index (χ2v) is 4.90. The third-order valence-corrected chi connectivity index (χ3v) is 3.59. The lowest BCUT2D eigenvalue weighted by molar-refractivity contribution is 0.127. The van der Waals surface area contributed by atoms with Crippen LogP contribution in [0.4, 0.5) is 0 Å². The van der Waals surface area contributed by atoms with Crippen LogP contribution in [-0.2, 0) is 0 Å². The first-order chi connectivity index (χ1) is 6.77. The predicted octanol–water partition coefficient (Wildman–Crippen LogP) is 0.374. The molecule has 2 atom stereocenters. The third kappa shape index (κ3) is 2.27. The molecule has 0 spiro atoms. The first-order valence-electron chi connectivity index (χ1n) is 5.89. The summed E-state index contributed by atoms with van der Waals surface area (Å²) in [5.74, 6) is 0. The molecule has 1 saturated heterocycles. The van der Waals surface area contributed by atoms with E-state index in [1.54, 1.807) is 0 Å². The van der Waals surface area contributed by atoms with Crippen molar-refractivity contribution in [3.05, 3.63) is 0 Å². The maximum atomic E-state index is 3.64. The molecule has 2 fully saturated rings. The summed E-state index contributed by atoms with van der Waals surface area (Å²) in [4.78, 5) is 4.97. The molecule has 2 unspecified atom stereocenters. The van der Waals surface area contributed by atoms with Crippen LogP contribution in [0.15, 0.2) is 0 Å². The molecule has 1 saturated carbocycles. The number of nitrogens with one attached hydrogen (secondary N) is 1. The molecule has 2 aliphatic rings. The van der Waals surface area contributed by atoms with Crippen molar-refractivity contribution in [3.63, 3.8) is 0 Å². The van der Waals surface area contributed by atoms with Crippen LogP contribution < -0.4 is 5.32 Å². The van der Waals surface area contributed by atoms with E-state index in [2.05, 4.69) is 29.2 Å². The van der Waals surface area contributed by atoms with E-state index in [9.17, 15) is 0 Å². The molecule has 1 aliphatic carbocycles. The molecule has 1 N–H and O–H groups in total. The Bertz CT molecular complexity index is 181. The van der Waals surface area contributed by atoms with Crippen LogP contribution in [0.25, 0.3) is 0 Å². The Balaban J connectivity index is 1.84. The molecule has 0 aromatic heterocycles. The highest BCUT2D eigenvalue weighted by atomic mass is 15.3. The summed E-state index contributed by atoms with van der Waals surface area (Å²) >= 11 is 0. The maximum Gasteiger partial charge on any atom is 0.0250 e. The highest BCUT2D eigenvalue weighted by molar-refractivity contribution is 4.94. The summed E-state index contributed by atoms with van der Waals surface area (Å²) in [6.45, 7) is 4.88. The Kier molecular flexibility index (Phi) is 3.42. The topological polar surface area (TPSA) is 18.5 Å². The summed E-state index contributed by atoms with van der Waals surface area (Å²) in [5.41, 5.74) is 0. The molecule has 3 nitrogen and oxygen atoms in total. The van der Waals surface area contributed by atoms with Gasteiger partial charge >= 0.3 is 0 Å². The summed E-state index contributed by atoms with van der Waals surface area (Å²) < 4.78 is 0. The van der Waals surface area contributed by atoms with E-state index < -0.39 is 0 Å². The number of fused-ring (bicyclic) bond motifs is 1. The average Bonchev–Trinajstić information content (AvgIpc) is 2.62. The van der Waals surface area contributed by atoms with Gasteiger partial charge in [0, 0.05) is 38.3 Å². The zero-order valence-corrected chi connectivity index (χ0v) is 9.50. The average molecular weight is 197 g/mol. The van der Waals surface area contributed by atoms with E-state index >= 15 is 0 Å². The minimum Gasteiger partial charge on any atom is -0.311 e. The molecule has 0 radical (unpaired) electrons. The Labute approximate surface area is 87.4 Å². The first-order valence-corrected chi connectivity index (χ1v) is 5.89. The summed E-state index contributed by atoms with van der Waals surface area (Å²) in [7, 11) is 4.32. The molecular formula is C11H23N3. The van der Waals surface area contributed by atoms with E-state index in [0.717, 1.165) is 12.1 Å². The van der Waals surface area contributed by atoms with Crippen molar-refractivity contribution in [2.24, 2.45) is 0 Å². The monoisotopic (exact) mass is 197 g/mol. The van der Waals surface area contributed by atoms with Crippen LogP contribution >= 0.6 is 0 Å². The molecule has 1 heterocycles. The number of piperazine rings is 1. The predicted molar refractivity (Wildman–Crippen MR) is 59.6 cm³/mol. The van der Waals surface area contributed by atoms with Crippen molar-refractivity contribution in [1.82, 2.24) is 15.1 Å². The fraction of sp³-hybridized carbons (Fsp3) is 1.00. The summed E-state index contributed by atoms with van der Waals surface area (Å²) in [5, 5.41) is 3.64. The molecular weight excluding hydrogens is 174 g/mol. The Morgan fingerprint density at radius 3 is 3.00 bits per heavy atom. The highest BCUT2D eigenvalue weighted by Gasteiger charge is 2.34. The van der Waals surface area contributed by atoms with Gasteiger partial charge in [-0.1, -0.05) is 6.42 Å². The standard InChI is InChI=1S/C11H23N3/c1-13(2)8-9-14-7-6-12-10-4-3-5-11(10)14/h10-12H,3-9H2,1-2H3. The number of rotatable bonds is 3. The van der Waals surface area contributed by atoms with Gasteiger partial charge in [-0.2, -0.15) is 0 Å². The lowest BCUT2D eigenvalue weighted by atomic mass is 10.1. The largest absolute Gasteiger partial charge is 0.311 e. The zero-order valence-electron chi connectivity index (χ0n) is 9.50. The van der Waals surface area contributed by atoms with E-state index in [4.69, 9.17) is 0 Å². The molecule has 2 rings (SSSR count). The molecule has 0 aromatic rings. The van der Waals surface area contributed by atoms with E-state index in [1.807, 2.05) is 0 Å². The van der Waals surface area contributed by atoms with Crippen LogP contribution in [0.5, 0.6) is 0 Å². The van der Waals surface area contributed by atoms with E-state index in [0.29, 0.717) is 0 Å². The molecule has 0 amide bonds. The van der Waals surface area contributed by atoms with Crippen molar-refractivity contribution in [3.8, 4) is 0 Å². The molecule has 14 heavy (non-hydrogen) atoms. The molecule has 0 bridgehead atoms. The van der Waals surface area contributed by atoms with Gasteiger partial charge in [-0.05, 0) is 26.9 Å². The van der Waals surface area contributed by atoms with E-state index in [-0.39, 0.29) is 0 Å². The minimum absolute atomic E-state index is 0.797. The molecule has 1 aliphatic heterocycles. The molecule has 0 aromatic carbocycles. The van der Waals surface area contributed by atoms with Crippen LogP contribution in [0.2, 0.25) is 0 Å². The van der Waals surface area contributed by atoms with Gasteiger partial charge in [-0.25, -0.2) is 0 Å². The van der Waals surface area contributed by atoms with Crippen molar-refractivity contribution in [2.45, 2.75) is 31.3 Å². The number of likely N-dealkylation sites (N-methyl/N-ethyl adjacent to an activating group) is 1. The van der Waals surface area contributed by atoms with Crippen molar-refractivity contribution in [2.75, 3.05) is 40.3 Å². The van der Waals surface area contributed by atoms with Gasteiger partial charge in [0.05, 0.1) is 0 Å². The fourth-order valence-corrected chi connectivity index (χ4v) is 2.78. The molecule has 82 valence electrons. The van der Waals surface area contributed by atoms with Gasteiger partial charge < -0.3 is 10.2 Å². The minimum atomic E-state index is 0.797. The van der Waals surface area contributed by atoms with Gasteiger partial charge in [-0.3, -0.25) is 4.90 Å². The number of hydrogen-bond donors (Lipinski definition) is 1. The van der Waals surface area contributed by atoms with Crippen LogP contribution in [0, 0.1) is 0 Å². The van der Waals surface area contributed by atoms with Crippen molar-refractivity contribution < 1.29 is 0 Å². The van der Waals surface area contributed by atoms with Crippen LogP contribution in [0.1, 0.15) is 19.3 Å². The Morgan fingerprint density at radius 2 is 2.21 bits per heavy atom. The quantitative estimate of drug-likeness (QED) is 0.705. The second-order valence-electron chi connectivity index (χ2n) is 4.90. The van der Waals surface area contributed by atoms with Gasteiger partial charge in [0.15, 0.2) is 0 Å². The number of nitrogens with zero attached hydrogens (tertiary/aromatic N) is 2. The Hall–Kier alpha value is -0.120. The van der Waals surface area contributed by atoms with Crippen molar-refractivity contribution >= 4 is 0 Å². The third-order valence-electron chi connectivity index (χ3n) is 3.59. The summed E-state index contributed by atoms with van der Waals surface area (Å²) in [6, 6.07) is 1.63. The SMILES string of the molecule is CN(C)CCN1CCNC2CCCC21. The smallest absolute Gasteiger partial charge is 0.0250 e. The second kappa shape index (κ2) is 4.60. The lowest BCUT2D eigenvalue weighted by Crippen LogP contribution is -2.56. The Morgan fingerprint density at radius 1 is 1.36 bits per heavy atom. The van der Waals surface area contributed by atoms with Gasteiger partial charge in [0.2, 0.25) is 0 Å². The van der Waals surface area contributed by atoms with Gasteiger partial charge in [0.25, 0.3) is 0 Å². The highest BCUT2D eigenvalue weighted by Crippen LogP contribution is 2.26. The van der Waals surface area contributed by atoms with Gasteiger partial charge in [0.1, 0.15) is 0 Å². The fourth-order valence-electron chi connectivity index (χ4n) is 2.78. The lowest BCUT2D eigenvalue weighted by Gasteiger charge is -2.38. The van der Waals surface area contributed by atoms with Crippen LogP contribution in [-0.4, -0.2) is 62.2 Å². The van der Waals surface area contributed by atoms with E-state index in [1.165, 1.54) is 45.4 Å². The molecule has 3 heteroatoms. The maximum absolute atomic E-state index is 3.64. The van der Waals surface area contributed by atoms with Crippen LogP contribution in [0.3, 0.4) is 0 Å². The summed E-state index contributed by atoms with van der Waals surface area (Å²) in [6.07, 6.45) is 4.22. The van der Waals surface area contributed by atoms with Gasteiger partial charge in [-0.15, -0.1) is 0 Å². The van der Waals surface area contributed by atoms with Crippen molar-refractivity contribution in [1.29, 1.82) is 0 Å². The first kappa shape index (κ1) is 10.4. The normalized spacial score (nSPS) is 33.6. The number of hydrogen-bond acceptors (Lipinski definition) is 3. The zero-order chi connectivity index (χ0) is 9.97.